The Labute approximate surface area is 163 Å². The van der Waals surface area contributed by atoms with E-state index in [0.29, 0.717) is 12.6 Å². The second-order valence-corrected chi connectivity index (χ2v) is 7.04. The van der Waals surface area contributed by atoms with E-state index in [2.05, 4.69) is 29.8 Å². The summed E-state index contributed by atoms with van der Waals surface area (Å²) in [5.74, 6) is 0.156. The van der Waals surface area contributed by atoms with Gasteiger partial charge in [-0.05, 0) is 55.7 Å². The number of hydrogen-bond donors (Lipinski definition) is 4. The fourth-order valence-electron chi connectivity index (χ4n) is 2.90. The number of benzene rings is 2. The fourth-order valence-corrected chi connectivity index (χ4v) is 2.90. The van der Waals surface area contributed by atoms with Gasteiger partial charge in [0, 0.05) is 24.0 Å². The van der Waals surface area contributed by atoms with Gasteiger partial charge in [-0.25, -0.2) is 0 Å². The molecule has 0 saturated heterocycles. The highest BCUT2D eigenvalue weighted by Crippen LogP contribution is 2.26. The molecule has 1 unspecified atom stereocenters. The first-order valence-electron chi connectivity index (χ1n) is 9.38. The van der Waals surface area contributed by atoms with E-state index in [-0.39, 0.29) is 17.1 Å². The number of nitrogens with one attached hydrogen (secondary N) is 3. The van der Waals surface area contributed by atoms with Gasteiger partial charge in [0.15, 0.2) is 0 Å². The van der Waals surface area contributed by atoms with Gasteiger partial charge in [-0.15, -0.1) is 0 Å². The summed E-state index contributed by atoms with van der Waals surface area (Å²) in [6, 6.07) is 12.9. The van der Waals surface area contributed by atoms with Crippen molar-refractivity contribution in [3.63, 3.8) is 0 Å². The van der Waals surface area contributed by atoms with E-state index in [0.717, 1.165) is 28.9 Å². The normalized spacial score (nSPS) is 12.0. The molecule has 6 heteroatoms. The summed E-state index contributed by atoms with van der Waals surface area (Å²) in [7, 11) is 0. The van der Waals surface area contributed by atoms with Gasteiger partial charge in [-0.1, -0.05) is 25.1 Å². The van der Waals surface area contributed by atoms with Gasteiger partial charge in [0.05, 0.1) is 0 Å². The molecule has 6 nitrogen and oxygen atoms in total. The third-order valence-corrected chi connectivity index (χ3v) is 4.81. The number of phenols is 1. The Morgan fingerprint density at radius 3 is 2.50 bits per heavy atom. The molecule has 0 heterocycles. The van der Waals surface area contributed by atoms with Gasteiger partial charge in [0.25, 0.3) is 10.9 Å². The van der Waals surface area contributed by atoms with Crippen molar-refractivity contribution in [2.45, 2.75) is 39.8 Å². The molecule has 0 saturated carbocycles. The minimum Gasteiger partial charge on any atom is -0.508 e. The van der Waals surface area contributed by atoms with Crippen LogP contribution in [-0.4, -0.2) is 11.1 Å². The molecule has 0 aliphatic rings. The van der Waals surface area contributed by atoms with Crippen molar-refractivity contribution in [2.24, 2.45) is 0 Å². The third-order valence-electron chi connectivity index (χ3n) is 4.81. The van der Waals surface area contributed by atoms with E-state index in [9.17, 15) is 14.7 Å². The maximum absolute atomic E-state index is 12.1. The van der Waals surface area contributed by atoms with Crippen LogP contribution in [0.15, 0.2) is 52.1 Å². The van der Waals surface area contributed by atoms with Crippen LogP contribution >= 0.6 is 0 Å². The van der Waals surface area contributed by atoms with E-state index >= 15 is 0 Å². The van der Waals surface area contributed by atoms with E-state index in [4.69, 9.17) is 0 Å². The van der Waals surface area contributed by atoms with Crippen molar-refractivity contribution < 1.29 is 5.11 Å². The molecule has 146 valence electrons. The average molecular weight is 379 g/mol. The first kappa shape index (κ1) is 19.5. The van der Waals surface area contributed by atoms with Crippen LogP contribution in [0.25, 0.3) is 0 Å². The minimum absolute atomic E-state index is 0.156. The molecule has 0 spiro atoms. The van der Waals surface area contributed by atoms with E-state index in [1.807, 2.05) is 31.2 Å². The van der Waals surface area contributed by atoms with Gasteiger partial charge < -0.3 is 21.1 Å². The molecular formula is C22H25N3O3. The van der Waals surface area contributed by atoms with Crippen molar-refractivity contribution in [2.75, 3.05) is 16.0 Å². The Hall–Kier alpha value is -3.28. The first-order chi connectivity index (χ1) is 13.4. The molecule has 0 fully saturated rings. The van der Waals surface area contributed by atoms with Crippen molar-refractivity contribution in [3.8, 4) is 5.75 Å². The zero-order chi connectivity index (χ0) is 20.3. The molecular weight excluding hydrogens is 354 g/mol. The van der Waals surface area contributed by atoms with Crippen molar-refractivity contribution in [3.05, 3.63) is 74.0 Å². The van der Waals surface area contributed by atoms with Crippen LogP contribution < -0.4 is 26.8 Å². The molecule has 0 amide bonds. The van der Waals surface area contributed by atoms with Gasteiger partial charge in [-0.2, -0.15) is 0 Å². The first-order valence-corrected chi connectivity index (χ1v) is 9.38. The average Bonchev–Trinajstić information content (AvgIpc) is 2.69. The molecule has 0 radical (unpaired) electrons. The number of aromatic hydroxyl groups is 1. The quantitative estimate of drug-likeness (QED) is 0.444. The summed E-state index contributed by atoms with van der Waals surface area (Å²) < 4.78 is 0. The van der Waals surface area contributed by atoms with Crippen LogP contribution in [0.2, 0.25) is 0 Å². The Morgan fingerprint density at radius 1 is 1.04 bits per heavy atom. The Bertz CT molecular complexity index is 1050. The zero-order valence-electron chi connectivity index (χ0n) is 16.3. The van der Waals surface area contributed by atoms with Crippen LogP contribution in [0.1, 0.15) is 31.4 Å². The second-order valence-electron chi connectivity index (χ2n) is 7.04. The Morgan fingerprint density at radius 2 is 1.79 bits per heavy atom. The van der Waals surface area contributed by atoms with Crippen molar-refractivity contribution >= 4 is 22.7 Å². The van der Waals surface area contributed by atoms with Crippen LogP contribution in [0.4, 0.5) is 22.7 Å². The van der Waals surface area contributed by atoms with E-state index in [1.54, 1.807) is 18.2 Å². The molecule has 0 bridgehead atoms. The van der Waals surface area contributed by atoms with Crippen molar-refractivity contribution in [1.29, 1.82) is 0 Å². The van der Waals surface area contributed by atoms with Gasteiger partial charge in [-0.3, -0.25) is 9.59 Å². The minimum atomic E-state index is -0.535. The van der Waals surface area contributed by atoms with Crippen LogP contribution in [0.5, 0.6) is 5.75 Å². The van der Waals surface area contributed by atoms with Crippen LogP contribution in [0.3, 0.4) is 0 Å². The molecule has 3 aromatic carbocycles. The third kappa shape index (κ3) is 4.17. The standard InChI is InChI=1S/C22H25N3O3/c1-4-14(3)24-18-11-16(9-8-13(18)2)25-20-19(21(27)22(20)28)23-12-15-6-5-7-17(26)10-15/h5-11,14,23-26H,4,12H2,1-3H3. The van der Waals surface area contributed by atoms with E-state index in [1.165, 1.54) is 0 Å². The summed E-state index contributed by atoms with van der Waals surface area (Å²) in [5.41, 5.74) is 3.13. The van der Waals surface area contributed by atoms with Gasteiger partial charge in [0.1, 0.15) is 17.1 Å². The summed E-state index contributed by atoms with van der Waals surface area (Å²) in [5, 5.41) is 19.1. The lowest BCUT2D eigenvalue weighted by molar-refractivity contribution is 0.474. The smallest absolute Gasteiger partial charge is 0.253 e. The Balaban J connectivity index is 1.77. The summed E-state index contributed by atoms with van der Waals surface area (Å²) in [4.78, 5) is 24.0. The highest BCUT2D eigenvalue weighted by atomic mass is 16.3. The van der Waals surface area contributed by atoms with Crippen LogP contribution in [-0.2, 0) is 6.54 Å². The molecule has 0 aliphatic heterocycles. The number of phenolic OH excluding ortho intramolecular Hbond substituents is 1. The summed E-state index contributed by atoms with van der Waals surface area (Å²) >= 11 is 0. The Kier molecular flexibility index (Phi) is 5.68. The van der Waals surface area contributed by atoms with Gasteiger partial charge in [0.2, 0.25) is 0 Å². The lowest BCUT2D eigenvalue weighted by Crippen LogP contribution is -2.36. The highest BCUT2D eigenvalue weighted by molar-refractivity contribution is 5.79. The SMILES string of the molecule is CCC(C)Nc1cc(Nc2c(NCc3cccc(O)c3)c(=O)c2=O)ccc1C. The monoisotopic (exact) mass is 379 g/mol. The number of rotatable bonds is 8. The molecule has 0 aromatic heterocycles. The number of aryl methyl sites for hydroxylation is 1. The zero-order valence-corrected chi connectivity index (χ0v) is 16.3. The number of anilines is 4. The predicted octanol–water partition coefficient (Wildman–Crippen LogP) is 3.86. The highest BCUT2D eigenvalue weighted by Gasteiger charge is 2.21. The van der Waals surface area contributed by atoms with Gasteiger partial charge >= 0.3 is 0 Å². The largest absolute Gasteiger partial charge is 0.508 e. The maximum atomic E-state index is 12.1. The molecule has 3 aromatic rings. The molecule has 3 rings (SSSR count). The lowest BCUT2D eigenvalue weighted by atomic mass is 10.1. The molecule has 28 heavy (non-hydrogen) atoms. The lowest BCUT2D eigenvalue weighted by Gasteiger charge is -2.18. The topological polar surface area (TPSA) is 90.5 Å². The maximum Gasteiger partial charge on any atom is 0.253 e. The number of hydrogen-bond acceptors (Lipinski definition) is 6. The molecule has 1 atom stereocenters. The summed E-state index contributed by atoms with van der Waals surface area (Å²) in [6.07, 6.45) is 0.998. The molecule has 4 N–H and O–H groups in total. The molecule has 0 aliphatic carbocycles. The predicted molar refractivity (Wildman–Crippen MR) is 115 cm³/mol. The van der Waals surface area contributed by atoms with E-state index < -0.39 is 10.9 Å². The van der Waals surface area contributed by atoms with Crippen LogP contribution in [0, 0.1) is 6.92 Å². The van der Waals surface area contributed by atoms with Crippen molar-refractivity contribution in [1.82, 2.24) is 0 Å². The fraction of sp³-hybridized carbons (Fsp3) is 0.273. The summed E-state index contributed by atoms with van der Waals surface area (Å²) in [6.45, 7) is 6.58. The second kappa shape index (κ2) is 8.17.